The van der Waals surface area contributed by atoms with E-state index in [1.165, 1.54) is 11.8 Å². The van der Waals surface area contributed by atoms with Gasteiger partial charge in [0.2, 0.25) is 5.91 Å². The van der Waals surface area contributed by atoms with Gasteiger partial charge in [-0.05, 0) is 59.6 Å². The molecule has 0 aliphatic rings. The van der Waals surface area contributed by atoms with Crippen molar-refractivity contribution in [1.82, 2.24) is 14.8 Å². The first-order valence-electron chi connectivity index (χ1n) is 8.36. The van der Waals surface area contributed by atoms with Gasteiger partial charge in [0, 0.05) is 21.6 Å². The van der Waals surface area contributed by atoms with E-state index in [-0.39, 0.29) is 11.7 Å². The van der Waals surface area contributed by atoms with E-state index in [0.29, 0.717) is 16.7 Å². The first kappa shape index (κ1) is 19.9. The van der Waals surface area contributed by atoms with Crippen LogP contribution in [0.1, 0.15) is 12.5 Å². The number of amides is 1. The molecule has 1 aromatic heterocycles. The van der Waals surface area contributed by atoms with Crippen LogP contribution >= 0.6 is 39.3 Å². The number of benzene rings is 2. The number of hydrogen-bond acceptors (Lipinski definition) is 4. The Hall–Kier alpha value is -1.83. The summed E-state index contributed by atoms with van der Waals surface area (Å²) in [7, 11) is 0. The summed E-state index contributed by atoms with van der Waals surface area (Å²) in [6, 6.07) is 13.3. The first-order valence-corrected chi connectivity index (χ1v) is 10.5. The molecule has 5 nitrogen and oxygen atoms in total. The molecule has 8 heteroatoms. The number of nitrogens with one attached hydrogen (secondary N) is 1. The summed E-state index contributed by atoms with van der Waals surface area (Å²) < 4.78 is 2.84. The lowest BCUT2D eigenvalue weighted by Crippen LogP contribution is -2.15. The highest BCUT2D eigenvalue weighted by Gasteiger charge is 2.15. The summed E-state index contributed by atoms with van der Waals surface area (Å²) in [5, 5.41) is 12.8. The minimum Gasteiger partial charge on any atom is -0.324 e. The lowest BCUT2D eigenvalue weighted by atomic mass is 10.2. The predicted molar refractivity (Wildman–Crippen MR) is 114 cm³/mol. The zero-order chi connectivity index (χ0) is 19.4. The molecular formula is C19H18BrClN4OS. The predicted octanol–water partition coefficient (Wildman–Crippen LogP) is 5.42. The Labute approximate surface area is 175 Å². The summed E-state index contributed by atoms with van der Waals surface area (Å²) in [4.78, 5) is 12.3. The van der Waals surface area contributed by atoms with Gasteiger partial charge in [-0.3, -0.25) is 4.79 Å². The fraction of sp³-hybridized carbons (Fsp3) is 0.211. The van der Waals surface area contributed by atoms with Gasteiger partial charge in [-0.1, -0.05) is 41.6 Å². The van der Waals surface area contributed by atoms with Gasteiger partial charge < -0.3 is 9.88 Å². The van der Waals surface area contributed by atoms with E-state index < -0.39 is 0 Å². The molecule has 0 bridgehead atoms. The van der Waals surface area contributed by atoms with Crippen molar-refractivity contribution in [2.45, 2.75) is 25.5 Å². The van der Waals surface area contributed by atoms with Gasteiger partial charge in [-0.25, -0.2) is 0 Å². The first-order chi connectivity index (χ1) is 13.0. The van der Waals surface area contributed by atoms with Crippen LogP contribution in [0.2, 0.25) is 5.02 Å². The number of carbonyl (C=O) groups excluding carboxylic acids is 1. The molecule has 0 unspecified atom stereocenters. The van der Waals surface area contributed by atoms with Gasteiger partial charge in [0.1, 0.15) is 0 Å². The molecule has 0 aliphatic carbocycles. The minimum absolute atomic E-state index is 0.0977. The van der Waals surface area contributed by atoms with Crippen molar-refractivity contribution in [2.24, 2.45) is 0 Å². The van der Waals surface area contributed by atoms with Gasteiger partial charge >= 0.3 is 0 Å². The molecule has 0 spiro atoms. The lowest BCUT2D eigenvalue weighted by Gasteiger charge is -2.09. The molecule has 0 atom stereocenters. The molecule has 0 fully saturated rings. The van der Waals surface area contributed by atoms with E-state index in [9.17, 15) is 4.79 Å². The number of hydrogen-bond donors (Lipinski definition) is 1. The van der Waals surface area contributed by atoms with Gasteiger partial charge in [0.25, 0.3) is 0 Å². The van der Waals surface area contributed by atoms with Crippen LogP contribution in [0.25, 0.3) is 11.4 Å². The van der Waals surface area contributed by atoms with E-state index in [0.717, 1.165) is 27.1 Å². The average Bonchev–Trinajstić information content (AvgIpc) is 3.05. The Bertz CT molecular complexity index is 976. The second kappa shape index (κ2) is 8.91. The molecule has 2 aromatic carbocycles. The Morgan fingerprint density at radius 2 is 2.07 bits per heavy atom. The maximum Gasteiger partial charge on any atom is 0.234 e. The topological polar surface area (TPSA) is 59.8 Å². The molecule has 0 aliphatic heterocycles. The van der Waals surface area contributed by atoms with Crippen LogP contribution in [-0.2, 0) is 11.3 Å². The highest BCUT2D eigenvalue weighted by Crippen LogP contribution is 2.27. The number of aryl methyl sites for hydroxylation is 1. The Kier molecular flexibility index (Phi) is 6.57. The fourth-order valence-corrected chi connectivity index (χ4v) is 4.14. The molecule has 3 aromatic rings. The monoisotopic (exact) mass is 464 g/mol. The largest absolute Gasteiger partial charge is 0.324 e. The highest BCUT2D eigenvalue weighted by atomic mass is 79.9. The Morgan fingerprint density at radius 1 is 1.26 bits per heavy atom. The van der Waals surface area contributed by atoms with Crippen LogP contribution in [0, 0.1) is 6.92 Å². The number of thioether (sulfide) groups is 1. The normalized spacial score (nSPS) is 10.8. The number of anilines is 1. The fourth-order valence-electron chi connectivity index (χ4n) is 2.56. The van der Waals surface area contributed by atoms with Crippen LogP contribution in [-0.4, -0.2) is 26.4 Å². The van der Waals surface area contributed by atoms with Gasteiger partial charge in [-0.15, -0.1) is 10.2 Å². The van der Waals surface area contributed by atoms with Gasteiger partial charge in [0.05, 0.1) is 11.4 Å². The van der Waals surface area contributed by atoms with Crippen molar-refractivity contribution < 1.29 is 4.79 Å². The number of halogens is 2. The van der Waals surface area contributed by atoms with Crippen LogP contribution in [0.5, 0.6) is 0 Å². The summed E-state index contributed by atoms with van der Waals surface area (Å²) in [6.45, 7) is 4.72. The standard InChI is InChI=1S/C19H18BrClN4OS/c1-3-25-18(13-5-4-6-14(21)10-13)23-24-19(25)27-11-17(26)22-16-8-7-12(2)9-15(16)20/h4-10H,3,11H2,1-2H3,(H,22,26). The number of rotatable bonds is 6. The SMILES string of the molecule is CCn1c(SCC(=O)Nc2ccc(C)cc2Br)nnc1-c1cccc(Cl)c1. The minimum atomic E-state index is -0.0977. The van der Waals surface area contributed by atoms with Crippen molar-refractivity contribution in [1.29, 1.82) is 0 Å². The number of carbonyl (C=O) groups is 1. The average molecular weight is 466 g/mol. The van der Waals surface area contributed by atoms with Crippen molar-refractivity contribution in [3.05, 3.63) is 57.5 Å². The Balaban J connectivity index is 1.70. The van der Waals surface area contributed by atoms with E-state index in [1.54, 1.807) is 0 Å². The maximum atomic E-state index is 12.3. The van der Waals surface area contributed by atoms with Crippen molar-refractivity contribution in [3.63, 3.8) is 0 Å². The van der Waals surface area contributed by atoms with Gasteiger partial charge in [0.15, 0.2) is 11.0 Å². The van der Waals surface area contributed by atoms with Crippen LogP contribution in [0.4, 0.5) is 5.69 Å². The number of aromatic nitrogens is 3. The molecule has 0 saturated heterocycles. The lowest BCUT2D eigenvalue weighted by molar-refractivity contribution is -0.113. The molecule has 27 heavy (non-hydrogen) atoms. The molecule has 1 N–H and O–H groups in total. The molecule has 140 valence electrons. The summed E-state index contributed by atoms with van der Waals surface area (Å²) >= 11 is 10.9. The Morgan fingerprint density at radius 3 is 2.78 bits per heavy atom. The maximum absolute atomic E-state index is 12.3. The molecule has 0 saturated carbocycles. The molecule has 0 radical (unpaired) electrons. The summed E-state index contributed by atoms with van der Waals surface area (Å²) in [5.41, 5.74) is 2.78. The quantitative estimate of drug-likeness (QED) is 0.494. The summed E-state index contributed by atoms with van der Waals surface area (Å²) in [6.07, 6.45) is 0. The van der Waals surface area contributed by atoms with E-state index in [4.69, 9.17) is 11.6 Å². The van der Waals surface area contributed by atoms with Crippen LogP contribution in [0.3, 0.4) is 0 Å². The number of nitrogens with zero attached hydrogens (tertiary/aromatic N) is 3. The summed E-state index contributed by atoms with van der Waals surface area (Å²) in [5.74, 6) is 0.886. The van der Waals surface area contributed by atoms with Crippen LogP contribution < -0.4 is 5.32 Å². The second-order valence-corrected chi connectivity index (χ2v) is 8.11. The van der Waals surface area contributed by atoms with E-state index >= 15 is 0 Å². The zero-order valence-electron chi connectivity index (χ0n) is 14.9. The molecular weight excluding hydrogens is 448 g/mol. The van der Waals surface area contributed by atoms with Gasteiger partial charge in [-0.2, -0.15) is 0 Å². The third-order valence-electron chi connectivity index (χ3n) is 3.85. The zero-order valence-corrected chi connectivity index (χ0v) is 18.0. The molecule has 1 amide bonds. The molecule has 1 heterocycles. The second-order valence-electron chi connectivity index (χ2n) is 5.88. The van der Waals surface area contributed by atoms with Crippen LogP contribution in [0.15, 0.2) is 52.1 Å². The smallest absolute Gasteiger partial charge is 0.234 e. The third-order valence-corrected chi connectivity index (χ3v) is 5.70. The van der Waals surface area contributed by atoms with Crippen molar-refractivity contribution in [2.75, 3.05) is 11.1 Å². The highest BCUT2D eigenvalue weighted by molar-refractivity contribution is 9.10. The van der Waals surface area contributed by atoms with E-state index in [1.807, 2.05) is 60.9 Å². The van der Waals surface area contributed by atoms with Crippen molar-refractivity contribution >= 4 is 50.9 Å². The third kappa shape index (κ3) is 4.91. The van der Waals surface area contributed by atoms with E-state index in [2.05, 4.69) is 31.4 Å². The van der Waals surface area contributed by atoms with Crippen molar-refractivity contribution in [3.8, 4) is 11.4 Å². The molecule has 3 rings (SSSR count).